The molecule has 2 aromatic heterocycles. The zero-order chi connectivity index (χ0) is 20.2. The van der Waals surface area contributed by atoms with E-state index in [0.717, 1.165) is 15.8 Å². The van der Waals surface area contributed by atoms with Gasteiger partial charge in [0, 0.05) is 27.4 Å². The van der Waals surface area contributed by atoms with E-state index >= 15 is 0 Å². The van der Waals surface area contributed by atoms with Gasteiger partial charge in [-0.3, -0.25) is 4.79 Å². The zero-order valence-electron chi connectivity index (χ0n) is 15.1. The average Bonchev–Trinajstić information content (AvgIpc) is 3.25. The molecule has 1 unspecified atom stereocenters. The minimum Gasteiger partial charge on any atom is -0.484 e. The van der Waals surface area contributed by atoms with Crippen molar-refractivity contribution in [3.8, 4) is 5.75 Å². The lowest BCUT2D eigenvalue weighted by Gasteiger charge is -2.18. The number of rotatable bonds is 6. The molecule has 146 valence electrons. The van der Waals surface area contributed by atoms with Crippen LogP contribution >= 0.6 is 22.9 Å². The SMILES string of the molecule is O=C(COc1ccc2ccc(=O)oc2c1)NC(c1ccc(Cl)cc1)c1cccs1. The normalized spacial score (nSPS) is 11.9. The number of benzene rings is 2. The molecule has 0 aliphatic rings. The summed E-state index contributed by atoms with van der Waals surface area (Å²) in [6.45, 7) is -0.169. The van der Waals surface area contributed by atoms with Crippen LogP contribution in [0.2, 0.25) is 5.02 Å². The highest BCUT2D eigenvalue weighted by molar-refractivity contribution is 7.10. The molecule has 0 radical (unpaired) electrons. The number of fused-ring (bicyclic) bond motifs is 1. The van der Waals surface area contributed by atoms with Gasteiger partial charge in [-0.15, -0.1) is 11.3 Å². The third-order valence-electron chi connectivity index (χ3n) is 4.30. The van der Waals surface area contributed by atoms with Crippen LogP contribution in [0.3, 0.4) is 0 Å². The van der Waals surface area contributed by atoms with Gasteiger partial charge in [0.15, 0.2) is 6.61 Å². The molecule has 0 bridgehead atoms. The Kier molecular flexibility index (Phi) is 5.64. The Labute approximate surface area is 175 Å². The van der Waals surface area contributed by atoms with E-state index in [4.69, 9.17) is 20.8 Å². The Hall–Kier alpha value is -3.09. The first kappa shape index (κ1) is 19.2. The van der Waals surface area contributed by atoms with Gasteiger partial charge in [-0.1, -0.05) is 29.8 Å². The quantitative estimate of drug-likeness (QED) is 0.451. The van der Waals surface area contributed by atoms with Crippen molar-refractivity contribution in [1.29, 1.82) is 0 Å². The highest BCUT2D eigenvalue weighted by Gasteiger charge is 2.18. The summed E-state index contributed by atoms with van der Waals surface area (Å²) < 4.78 is 10.7. The van der Waals surface area contributed by atoms with Crippen molar-refractivity contribution >= 4 is 39.8 Å². The molecule has 7 heteroatoms. The van der Waals surface area contributed by atoms with E-state index in [2.05, 4.69) is 5.32 Å². The summed E-state index contributed by atoms with van der Waals surface area (Å²) in [5.74, 6) is 0.175. The maximum absolute atomic E-state index is 12.5. The topological polar surface area (TPSA) is 68.5 Å². The van der Waals surface area contributed by atoms with Gasteiger partial charge in [-0.2, -0.15) is 0 Å². The van der Waals surface area contributed by atoms with E-state index in [1.165, 1.54) is 6.07 Å². The van der Waals surface area contributed by atoms with Crippen LogP contribution in [0.5, 0.6) is 5.75 Å². The Bertz CT molecular complexity index is 1190. The lowest BCUT2D eigenvalue weighted by Crippen LogP contribution is -2.32. The standard InChI is InChI=1S/C22H16ClNO4S/c23-16-7-3-15(4-8-16)22(19-2-1-11-29-19)24-20(25)13-27-17-9-5-14-6-10-21(26)28-18(14)12-17/h1-12,22H,13H2,(H,24,25). The molecule has 0 spiro atoms. The van der Waals surface area contributed by atoms with Gasteiger partial charge in [0.2, 0.25) is 0 Å². The van der Waals surface area contributed by atoms with Crippen LogP contribution in [0, 0.1) is 0 Å². The van der Waals surface area contributed by atoms with Crippen molar-refractivity contribution in [1.82, 2.24) is 5.32 Å². The summed E-state index contributed by atoms with van der Waals surface area (Å²) in [7, 11) is 0. The summed E-state index contributed by atoms with van der Waals surface area (Å²) in [6, 6.07) is 19.1. The van der Waals surface area contributed by atoms with Crippen LogP contribution in [0.1, 0.15) is 16.5 Å². The third-order valence-corrected chi connectivity index (χ3v) is 5.49. The molecule has 2 heterocycles. The molecule has 0 aliphatic carbocycles. The first-order valence-electron chi connectivity index (χ1n) is 8.83. The number of thiophene rings is 1. The average molecular weight is 426 g/mol. The largest absolute Gasteiger partial charge is 0.484 e. The van der Waals surface area contributed by atoms with Crippen LogP contribution in [0.25, 0.3) is 11.0 Å². The van der Waals surface area contributed by atoms with Crippen molar-refractivity contribution in [3.63, 3.8) is 0 Å². The fourth-order valence-electron chi connectivity index (χ4n) is 2.91. The minimum atomic E-state index is -0.436. The molecule has 1 amide bonds. The predicted octanol–water partition coefficient (Wildman–Crippen LogP) is 4.79. The monoisotopic (exact) mass is 425 g/mol. The van der Waals surface area contributed by atoms with Crippen LogP contribution < -0.4 is 15.7 Å². The van der Waals surface area contributed by atoms with Gasteiger partial charge >= 0.3 is 5.63 Å². The molecule has 5 nitrogen and oxygen atoms in total. The van der Waals surface area contributed by atoms with Gasteiger partial charge in [0.05, 0.1) is 6.04 Å². The van der Waals surface area contributed by atoms with E-state index in [1.807, 2.05) is 29.6 Å². The van der Waals surface area contributed by atoms with E-state index in [1.54, 1.807) is 47.7 Å². The Morgan fingerprint density at radius 2 is 1.90 bits per heavy atom. The highest BCUT2D eigenvalue weighted by atomic mass is 35.5. The Morgan fingerprint density at radius 1 is 1.10 bits per heavy atom. The second-order valence-electron chi connectivity index (χ2n) is 6.31. The minimum absolute atomic E-state index is 0.169. The number of carbonyl (C=O) groups excluding carboxylic acids is 1. The van der Waals surface area contributed by atoms with Gasteiger partial charge in [0.1, 0.15) is 11.3 Å². The number of hydrogen-bond acceptors (Lipinski definition) is 5. The molecular formula is C22H16ClNO4S. The molecule has 0 aliphatic heterocycles. The van der Waals surface area contributed by atoms with Crippen molar-refractivity contribution < 1.29 is 13.9 Å². The smallest absolute Gasteiger partial charge is 0.336 e. The summed E-state index contributed by atoms with van der Waals surface area (Å²) in [5.41, 5.74) is 0.903. The number of halogens is 1. The van der Waals surface area contributed by atoms with E-state index < -0.39 is 5.63 Å². The van der Waals surface area contributed by atoms with Gasteiger partial charge < -0.3 is 14.5 Å². The lowest BCUT2D eigenvalue weighted by atomic mass is 10.1. The molecule has 4 rings (SSSR count). The van der Waals surface area contributed by atoms with E-state index in [0.29, 0.717) is 16.4 Å². The number of ether oxygens (including phenoxy) is 1. The van der Waals surface area contributed by atoms with Crippen molar-refractivity contribution in [2.45, 2.75) is 6.04 Å². The summed E-state index contributed by atoms with van der Waals surface area (Å²) in [6.07, 6.45) is 0. The highest BCUT2D eigenvalue weighted by Crippen LogP contribution is 2.27. The number of amides is 1. The maximum atomic E-state index is 12.5. The van der Waals surface area contributed by atoms with Crippen LogP contribution in [0.4, 0.5) is 0 Å². The van der Waals surface area contributed by atoms with E-state index in [9.17, 15) is 9.59 Å². The maximum Gasteiger partial charge on any atom is 0.336 e. The number of carbonyl (C=O) groups is 1. The van der Waals surface area contributed by atoms with Crippen LogP contribution in [-0.2, 0) is 4.79 Å². The Balaban J connectivity index is 1.47. The summed E-state index contributed by atoms with van der Waals surface area (Å²) in [5, 5.41) is 6.38. The molecule has 1 atom stereocenters. The molecule has 0 fully saturated rings. The summed E-state index contributed by atoms with van der Waals surface area (Å²) >= 11 is 7.54. The Morgan fingerprint density at radius 3 is 2.66 bits per heavy atom. The van der Waals surface area contributed by atoms with Crippen molar-refractivity contribution in [3.05, 3.63) is 98.0 Å². The number of hydrogen-bond donors (Lipinski definition) is 1. The molecular weight excluding hydrogens is 410 g/mol. The lowest BCUT2D eigenvalue weighted by molar-refractivity contribution is -0.123. The van der Waals surface area contributed by atoms with Crippen LogP contribution in [0.15, 0.2) is 81.3 Å². The zero-order valence-corrected chi connectivity index (χ0v) is 16.7. The molecule has 2 aromatic carbocycles. The number of nitrogens with one attached hydrogen (secondary N) is 1. The van der Waals surface area contributed by atoms with E-state index in [-0.39, 0.29) is 18.6 Å². The fourth-order valence-corrected chi connectivity index (χ4v) is 3.84. The first-order valence-corrected chi connectivity index (χ1v) is 10.1. The molecule has 0 saturated heterocycles. The van der Waals surface area contributed by atoms with Gasteiger partial charge in [-0.05, 0) is 47.3 Å². The molecule has 1 N–H and O–H groups in total. The molecule has 0 saturated carbocycles. The first-order chi connectivity index (χ1) is 14.1. The fraction of sp³-hybridized carbons (Fsp3) is 0.0909. The summed E-state index contributed by atoms with van der Waals surface area (Å²) in [4.78, 5) is 24.9. The van der Waals surface area contributed by atoms with Crippen molar-refractivity contribution in [2.24, 2.45) is 0 Å². The van der Waals surface area contributed by atoms with Crippen molar-refractivity contribution in [2.75, 3.05) is 6.61 Å². The molecule has 4 aromatic rings. The van der Waals surface area contributed by atoms with Gasteiger partial charge in [0.25, 0.3) is 5.91 Å². The predicted molar refractivity (Wildman–Crippen MR) is 114 cm³/mol. The second kappa shape index (κ2) is 8.51. The van der Waals surface area contributed by atoms with Gasteiger partial charge in [-0.25, -0.2) is 4.79 Å². The molecule has 29 heavy (non-hydrogen) atoms. The van der Waals surface area contributed by atoms with Crippen LogP contribution in [-0.4, -0.2) is 12.5 Å². The second-order valence-corrected chi connectivity index (χ2v) is 7.73. The third kappa shape index (κ3) is 4.67.